The molecular weight excluding hydrogens is 829 g/mol. The van der Waals surface area contributed by atoms with Gasteiger partial charge in [0.2, 0.25) is 0 Å². The molecule has 378 valence electrons. The second-order valence-electron chi connectivity index (χ2n) is 21.7. The van der Waals surface area contributed by atoms with Gasteiger partial charge in [-0.05, 0) is 87.0 Å². The molecule has 0 aliphatic heterocycles. The number of hydrogen-bond donors (Lipinski definition) is 0. The largest absolute Gasteiger partial charge is 0.462 e. The second kappa shape index (κ2) is 31.4. The number of allylic oxidation sites excluding steroid dienone is 1. The minimum atomic E-state index is -1.01. The fourth-order valence-electron chi connectivity index (χ4n) is 12.5. The number of ketones is 1. The van der Waals surface area contributed by atoms with E-state index < -0.39 is 24.5 Å². The highest BCUT2D eigenvalue weighted by atomic mass is 16.6. The van der Waals surface area contributed by atoms with Crippen molar-refractivity contribution in [3.8, 4) is 0 Å². The summed E-state index contributed by atoms with van der Waals surface area (Å²) < 4.78 is 22.9. The van der Waals surface area contributed by atoms with Crippen molar-refractivity contribution in [2.24, 2.45) is 28.6 Å². The quantitative estimate of drug-likeness (QED) is 0.0262. The molecule has 4 aliphatic carbocycles. The fraction of sp³-hybridized carbons (Fsp3) is 0.877. The Kier molecular flexibility index (Phi) is 26.6. The zero-order chi connectivity index (χ0) is 47.5. The van der Waals surface area contributed by atoms with Crippen molar-refractivity contribution in [2.45, 2.75) is 277 Å². The van der Waals surface area contributed by atoms with Crippen LogP contribution in [-0.4, -0.2) is 55.1 Å². The number of esters is 4. The molecular formula is C57H96O9. The second-order valence-corrected chi connectivity index (χ2v) is 21.7. The first-order valence-electron chi connectivity index (χ1n) is 27.9. The van der Waals surface area contributed by atoms with Crippen LogP contribution < -0.4 is 0 Å². The molecule has 0 heterocycles. The molecule has 0 radical (unpaired) electrons. The average molecular weight is 925 g/mol. The topological polar surface area (TPSA) is 122 Å². The van der Waals surface area contributed by atoms with Crippen LogP contribution in [0.25, 0.3) is 0 Å². The predicted octanol–water partition coefficient (Wildman–Crippen LogP) is 14.8. The molecule has 0 aromatic rings. The van der Waals surface area contributed by atoms with Crippen molar-refractivity contribution < 1.29 is 42.9 Å². The summed E-state index contributed by atoms with van der Waals surface area (Å²) in [5, 5.41) is 0. The predicted molar refractivity (Wildman–Crippen MR) is 264 cm³/mol. The van der Waals surface area contributed by atoms with Crippen LogP contribution in [0.2, 0.25) is 0 Å². The number of carbonyl (C=O) groups excluding carboxylic acids is 5. The summed E-state index contributed by atoms with van der Waals surface area (Å²) in [5.41, 5.74) is 1.26. The lowest BCUT2D eigenvalue weighted by atomic mass is 9.47. The Hall–Kier alpha value is -2.71. The van der Waals surface area contributed by atoms with Crippen molar-refractivity contribution in [2.75, 3.05) is 13.2 Å². The van der Waals surface area contributed by atoms with E-state index in [1.54, 1.807) is 0 Å². The van der Waals surface area contributed by atoms with Crippen LogP contribution in [0.4, 0.5) is 0 Å². The summed E-state index contributed by atoms with van der Waals surface area (Å²) in [6.45, 7) is 8.68. The minimum absolute atomic E-state index is 0.0776. The van der Waals surface area contributed by atoms with E-state index in [2.05, 4.69) is 27.7 Å². The lowest BCUT2D eigenvalue weighted by molar-refractivity contribution is -0.173. The third-order valence-electron chi connectivity index (χ3n) is 16.6. The smallest absolute Gasteiger partial charge is 0.317 e. The van der Waals surface area contributed by atoms with Crippen LogP contribution in [0.1, 0.15) is 265 Å². The number of unbranched alkanes of at least 4 members (excludes halogenated alkanes) is 24. The lowest BCUT2D eigenvalue weighted by Crippen LogP contribution is -2.51. The Morgan fingerprint density at radius 3 is 1.50 bits per heavy atom. The van der Waals surface area contributed by atoms with E-state index in [4.69, 9.17) is 18.9 Å². The zero-order valence-corrected chi connectivity index (χ0v) is 42.7. The maximum absolute atomic E-state index is 13.4. The maximum Gasteiger partial charge on any atom is 0.317 e. The first kappa shape index (κ1) is 55.9. The van der Waals surface area contributed by atoms with E-state index >= 15 is 0 Å². The molecule has 0 N–H and O–H groups in total. The van der Waals surface area contributed by atoms with Gasteiger partial charge in [0.05, 0.1) is 0 Å². The molecule has 3 fully saturated rings. The summed E-state index contributed by atoms with van der Waals surface area (Å²) in [4.78, 5) is 64.4. The monoisotopic (exact) mass is 925 g/mol. The van der Waals surface area contributed by atoms with E-state index in [1.807, 2.05) is 6.08 Å². The van der Waals surface area contributed by atoms with Gasteiger partial charge < -0.3 is 18.9 Å². The van der Waals surface area contributed by atoms with Crippen LogP contribution in [0.5, 0.6) is 0 Å². The summed E-state index contributed by atoms with van der Waals surface area (Å²) in [6.07, 6.45) is 39.7. The van der Waals surface area contributed by atoms with Crippen LogP contribution in [0.15, 0.2) is 11.6 Å². The normalized spacial score (nSPS) is 24.6. The van der Waals surface area contributed by atoms with Gasteiger partial charge >= 0.3 is 23.9 Å². The van der Waals surface area contributed by atoms with Crippen LogP contribution in [0, 0.1) is 28.6 Å². The SMILES string of the molecule is CCCCCCCCCCCCCCCC(=O)OCC(COC(=O)CCCCCCCCCCCCCCC)OC(=O)CC(=O)OC1CC[C@H]2[C@@H]3CCC4=CC(=O)CC[C@]4(C)[C@H]3CC[C@]12C. The molecule has 0 saturated heterocycles. The van der Waals surface area contributed by atoms with Crippen molar-refractivity contribution >= 4 is 29.7 Å². The molecule has 4 rings (SSSR count). The zero-order valence-electron chi connectivity index (χ0n) is 42.7. The molecule has 1 unspecified atom stereocenters. The Morgan fingerprint density at radius 2 is 1.02 bits per heavy atom. The van der Waals surface area contributed by atoms with Gasteiger partial charge in [0.15, 0.2) is 11.9 Å². The maximum atomic E-state index is 13.4. The Balaban J connectivity index is 1.17. The molecule has 6 atom stereocenters. The highest BCUT2D eigenvalue weighted by Gasteiger charge is 2.60. The van der Waals surface area contributed by atoms with Gasteiger partial charge in [-0.3, -0.25) is 24.0 Å². The molecule has 4 aliphatic rings. The highest BCUT2D eigenvalue weighted by Crippen LogP contribution is 2.65. The minimum Gasteiger partial charge on any atom is -0.462 e. The van der Waals surface area contributed by atoms with Gasteiger partial charge in [0, 0.05) is 24.7 Å². The first-order valence-corrected chi connectivity index (χ1v) is 27.9. The van der Waals surface area contributed by atoms with Gasteiger partial charge in [-0.2, -0.15) is 0 Å². The van der Waals surface area contributed by atoms with E-state index in [9.17, 15) is 24.0 Å². The average Bonchev–Trinajstić information content (AvgIpc) is 3.63. The molecule has 66 heavy (non-hydrogen) atoms. The molecule has 0 aromatic heterocycles. The first-order chi connectivity index (χ1) is 32.0. The molecule has 0 bridgehead atoms. The van der Waals surface area contributed by atoms with E-state index in [0.717, 1.165) is 83.5 Å². The molecule has 3 saturated carbocycles. The number of ether oxygens (including phenoxy) is 4. The molecule has 0 aromatic carbocycles. The number of hydrogen-bond acceptors (Lipinski definition) is 9. The van der Waals surface area contributed by atoms with Crippen molar-refractivity contribution in [1.29, 1.82) is 0 Å². The van der Waals surface area contributed by atoms with Gasteiger partial charge in [0.1, 0.15) is 25.7 Å². The van der Waals surface area contributed by atoms with Crippen molar-refractivity contribution in [3.63, 3.8) is 0 Å². The molecule has 9 heteroatoms. The highest BCUT2D eigenvalue weighted by molar-refractivity contribution is 5.92. The van der Waals surface area contributed by atoms with E-state index in [0.29, 0.717) is 24.2 Å². The fourth-order valence-corrected chi connectivity index (χ4v) is 12.5. The van der Waals surface area contributed by atoms with Crippen LogP contribution in [-0.2, 0) is 42.9 Å². The van der Waals surface area contributed by atoms with Crippen LogP contribution in [0.3, 0.4) is 0 Å². The number of carbonyl (C=O) groups is 5. The third kappa shape index (κ3) is 19.4. The Labute approximate surface area is 402 Å². The standard InChI is InChI=1S/C57H96O9/c1-5-7-9-11-13-15-17-19-21-23-25-27-29-31-52(59)63-43-47(44-64-53(60)32-30-28-26-24-22-20-18-16-14-12-10-8-6-2)65-54(61)42-55(62)66-51-36-35-49-48-34-33-45-41-46(58)37-39-56(45,3)50(48)38-40-57(49,51)4/h41,47-51H,5-40,42-44H2,1-4H3/t48-,49-,50-,51?,56-,57-/m0/s1. The van der Waals surface area contributed by atoms with Crippen LogP contribution >= 0.6 is 0 Å². The van der Waals surface area contributed by atoms with Gasteiger partial charge in [-0.15, -0.1) is 0 Å². The Bertz CT molecular complexity index is 1420. The van der Waals surface area contributed by atoms with Gasteiger partial charge in [-0.25, -0.2) is 0 Å². The van der Waals surface area contributed by atoms with Crippen molar-refractivity contribution in [3.05, 3.63) is 11.6 Å². The van der Waals surface area contributed by atoms with Crippen molar-refractivity contribution in [1.82, 2.24) is 0 Å². The summed E-state index contributed by atoms with van der Waals surface area (Å²) >= 11 is 0. The van der Waals surface area contributed by atoms with Gasteiger partial charge in [0.25, 0.3) is 0 Å². The molecule has 0 spiro atoms. The van der Waals surface area contributed by atoms with E-state index in [-0.39, 0.29) is 60.7 Å². The summed E-state index contributed by atoms with van der Waals surface area (Å²) in [5.74, 6) is -0.353. The molecule has 0 amide bonds. The summed E-state index contributed by atoms with van der Waals surface area (Å²) in [7, 11) is 0. The summed E-state index contributed by atoms with van der Waals surface area (Å²) in [6, 6.07) is 0. The van der Waals surface area contributed by atoms with E-state index in [1.165, 1.54) is 134 Å². The van der Waals surface area contributed by atoms with Gasteiger partial charge in [-0.1, -0.05) is 187 Å². The third-order valence-corrected chi connectivity index (χ3v) is 16.6. The molecule has 9 nitrogen and oxygen atoms in total. The number of rotatable bonds is 36. The Morgan fingerprint density at radius 1 is 0.545 bits per heavy atom. The number of fused-ring (bicyclic) bond motifs is 5. The lowest BCUT2D eigenvalue weighted by Gasteiger charge is -2.57.